The molecule has 2 aromatic carbocycles. The van der Waals surface area contributed by atoms with Gasteiger partial charge in [-0.2, -0.15) is 0 Å². The molecule has 0 radical (unpaired) electrons. The zero-order valence-corrected chi connectivity index (χ0v) is 18.4. The number of ether oxygens (including phenoxy) is 2. The van der Waals surface area contributed by atoms with Gasteiger partial charge in [0.05, 0.1) is 42.1 Å². The van der Waals surface area contributed by atoms with E-state index in [9.17, 15) is 18.4 Å². The minimum absolute atomic E-state index is 0.0585. The number of benzene rings is 2. The second-order valence-corrected chi connectivity index (χ2v) is 7.44. The van der Waals surface area contributed by atoms with Gasteiger partial charge in [-0.25, -0.2) is 23.5 Å². The quantitative estimate of drug-likeness (QED) is 0.356. The lowest BCUT2D eigenvalue weighted by molar-refractivity contribution is -0.145. The van der Waals surface area contributed by atoms with E-state index in [0.717, 1.165) is 17.5 Å². The molecule has 4 aromatic rings. The average Bonchev–Trinajstić information content (AvgIpc) is 3.29. The molecule has 34 heavy (non-hydrogen) atoms. The number of para-hydroxylation sites is 1. The highest BCUT2D eigenvalue weighted by molar-refractivity contribution is 5.98. The van der Waals surface area contributed by atoms with Crippen molar-refractivity contribution in [3.63, 3.8) is 0 Å². The highest BCUT2D eigenvalue weighted by Gasteiger charge is 2.21. The van der Waals surface area contributed by atoms with Crippen molar-refractivity contribution in [3.05, 3.63) is 83.0 Å². The number of carbonyl (C=O) groups excluding carboxylic acids is 2. The van der Waals surface area contributed by atoms with Crippen molar-refractivity contribution in [1.29, 1.82) is 0 Å². The molecule has 0 bridgehead atoms. The molecule has 174 valence electrons. The van der Waals surface area contributed by atoms with Crippen LogP contribution in [0.4, 0.5) is 8.78 Å². The molecule has 0 saturated heterocycles. The molecular weight excluding hydrogens is 446 g/mol. The van der Waals surface area contributed by atoms with Gasteiger partial charge in [0.1, 0.15) is 18.2 Å². The normalized spacial score (nSPS) is 10.9. The van der Waals surface area contributed by atoms with Crippen LogP contribution < -0.4 is 0 Å². The number of carbonyl (C=O) groups is 2. The predicted octanol–water partition coefficient (Wildman–Crippen LogP) is 4.94. The number of nitrogens with zero attached hydrogens (tertiary/aromatic N) is 2. The summed E-state index contributed by atoms with van der Waals surface area (Å²) in [7, 11) is 1.27. The first-order valence-corrected chi connectivity index (χ1v) is 10.4. The van der Waals surface area contributed by atoms with Crippen LogP contribution >= 0.6 is 0 Å². The van der Waals surface area contributed by atoms with E-state index in [2.05, 4.69) is 9.97 Å². The third-order valence-electron chi connectivity index (χ3n) is 5.29. The van der Waals surface area contributed by atoms with Crippen molar-refractivity contribution >= 4 is 22.8 Å². The van der Waals surface area contributed by atoms with Crippen LogP contribution in [0.1, 0.15) is 33.9 Å². The molecule has 0 atom stereocenters. The monoisotopic (exact) mass is 466 g/mol. The Morgan fingerprint density at radius 2 is 1.79 bits per heavy atom. The number of hydrogen-bond acceptors (Lipinski definition) is 7. The summed E-state index contributed by atoms with van der Waals surface area (Å²) in [5.41, 5.74) is 1.54. The fourth-order valence-corrected chi connectivity index (χ4v) is 3.62. The van der Waals surface area contributed by atoms with Crippen LogP contribution in [0.15, 0.2) is 53.1 Å². The standard InChI is InChI=1S/C25H20F2N2O5/c1-14-15-6-3-4-9-18(15)29-19(23(14)25(31)32-2)13-33-22(30)11-10-21-28-12-20(34-21)24-16(26)7-5-8-17(24)27/h3-9,12H,10-11,13H2,1-2H3. The average molecular weight is 466 g/mol. The smallest absolute Gasteiger partial charge is 0.340 e. The van der Waals surface area contributed by atoms with Crippen LogP contribution in [0.2, 0.25) is 0 Å². The number of aryl methyl sites for hydroxylation is 2. The second kappa shape index (κ2) is 9.78. The summed E-state index contributed by atoms with van der Waals surface area (Å²) >= 11 is 0. The first-order valence-electron chi connectivity index (χ1n) is 10.4. The van der Waals surface area contributed by atoms with Crippen LogP contribution in [0.5, 0.6) is 0 Å². The van der Waals surface area contributed by atoms with E-state index in [1.807, 2.05) is 18.2 Å². The van der Waals surface area contributed by atoms with E-state index in [1.165, 1.54) is 19.4 Å². The highest BCUT2D eigenvalue weighted by atomic mass is 19.1. The molecule has 0 aliphatic heterocycles. The molecule has 0 unspecified atom stereocenters. The summed E-state index contributed by atoms with van der Waals surface area (Å²) in [6, 6.07) is 10.8. The number of oxazole rings is 1. The molecule has 9 heteroatoms. The van der Waals surface area contributed by atoms with Gasteiger partial charge in [0.15, 0.2) is 11.7 Å². The molecule has 0 spiro atoms. The Morgan fingerprint density at radius 3 is 2.53 bits per heavy atom. The van der Waals surface area contributed by atoms with Crippen molar-refractivity contribution in [3.8, 4) is 11.3 Å². The minimum Gasteiger partial charge on any atom is -0.465 e. The van der Waals surface area contributed by atoms with Gasteiger partial charge in [0, 0.05) is 11.8 Å². The Morgan fingerprint density at radius 1 is 1.06 bits per heavy atom. The van der Waals surface area contributed by atoms with Crippen molar-refractivity contribution in [1.82, 2.24) is 9.97 Å². The Labute approximate surface area is 193 Å². The molecule has 0 aliphatic carbocycles. The maximum absolute atomic E-state index is 13.9. The SMILES string of the molecule is COC(=O)c1c(COC(=O)CCc2ncc(-c3c(F)cccc3F)o2)nc2ccccc2c1C. The molecule has 0 saturated carbocycles. The molecule has 7 nitrogen and oxygen atoms in total. The molecule has 0 amide bonds. The molecule has 2 aromatic heterocycles. The minimum atomic E-state index is -0.776. The van der Waals surface area contributed by atoms with Crippen molar-refractivity contribution in [2.75, 3.05) is 7.11 Å². The van der Waals surface area contributed by atoms with Crippen molar-refractivity contribution in [2.45, 2.75) is 26.4 Å². The van der Waals surface area contributed by atoms with E-state index in [4.69, 9.17) is 13.9 Å². The summed E-state index contributed by atoms with van der Waals surface area (Å²) < 4.78 is 43.4. The number of methoxy groups -OCH3 is 1. The molecular formula is C25H20F2N2O5. The first-order chi connectivity index (χ1) is 16.4. The largest absolute Gasteiger partial charge is 0.465 e. The van der Waals surface area contributed by atoms with Crippen LogP contribution in [0.3, 0.4) is 0 Å². The number of halogens is 2. The third kappa shape index (κ3) is 4.63. The fourth-order valence-electron chi connectivity index (χ4n) is 3.62. The lowest BCUT2D eigenvalue weighted by Gasteiger charge is -2.13. The number of hydrogen-bond donors (Lipinski definition) is 0. The Bertz CT molecular complexity index is 1360. The first kappa shape index (κ1) is 23.0. The van der Waals surface area contributed by atoms with Crippen LogP contribution in [-0.2, 0) is 27.3 Å². The zero-order valence-electron chi connectivity index (χ0n) is 18.4. The summed E-state index contributed by atoms with van der Waals surface area (Å²) in [5.74, 6) is -2.65. The van der Waals surface area contributed by atoms with Gasteiger partial charge in [-0.05, 0) is 30.7 Å². The van der Waals surface area contributed by atoms with Gasteiger partial charge >= 0.3 is 11.9 Å². The Balaban J connectivity index is 1.44. The van der Waals surface area contributed by atoms with Gasteiger partial charge in [-0.3, -0.25) is 4.79 Å². The molecule has 2 heterocycles. The predicted molar refractivity (Wildman–Crippen MR) is 118 cm³/mol. The van der Waals surface area contributed by atoms with E-state index in [-0.39, 0.29) is 47.9 Å². The van der Waals surface area contributed by atoms with Gasteiger partial charge < -0.3 is 13.9 Å². The number of rotatable bonds is 7. The Kier molecular flexibility index (Phi) is 6.62. The van der Waals surface area contributed by atoms with Gasteiger partial charge in [0.2, 0.25) is 0 Å². The van der Waals surface area contributed by atoms with Crippen LogP contribution in [0.25, 0.3) is 22.2 Å². The second-order valence-electron chi connectivity index (χ2n) is 7.44. The van der Waals surface area contributed by atoms with E-state index >= 15 is 0 Å². The lowest BCUT2D eigenvalue weighted by Crippen LogP contribution is -2.14. The third-order valence-corrected chi connectivity index (χ3v) is 5.29. The van der Waals surface area contributed by atoms with E-state index < -0.39 is 23.6 Å². The van der Waals surface area contributed by atoms with E-state index in [0.29, 0.717) is 11.1 Å². The fraction of sp³-hybridized carbons (Fsp3) is 0.200. The summed E-state index contributed by atoms with van der Waals surface area (Å²) in [6.07, 6.45) is 1.16. The van der Waals surface area contributed by atoms with Crippen molar-refractivity contribution in [2.24, 2.45) is 0 Å². The van der Waals surface area contributed by atoms with Crippen molar-refractivity contribution < 1.29 is 32.3 Å². The molecule has 4 rings (SSSR count). The summed E-state index contributed by atoms with van der Waals surface area (Å²) in [6.45, 7) is 1.55. The maximum atomic E-state index is 13.9. The molecule has 0 aliphatic rings. The number of aromatic nitrogens is 2. The molecule has 0 N–H and O–H groups in total. The van der Waals surface area contributed by atoms with E-state index in [1.54, 1.807) is 13.0 Å². The summed E-state index contributed by atoms with van der Waals surface area (Å²) in [5, 5.41) is 0.795. The number of esters is 2. The lowest BCUT2D eigenvalue weighted by atomic mass is 10.0. The van der Waals surface area contributed by atoms with Crippen LogP contribution in [0, 0.1) is 18.6 Å². The highest BCUT2D eigenvalue weighted by Crippen LogP contribution is 2.27. The number of fused-ring (bicyclic) bond motifs is 1. The van der Waals surface area contributed by atoms with Gasteiger partial charge in [-0.1, -0.05) is 24.3 Å². The van der Waals surface area contributed by atoms with Gasteiger partial charge in [-0.15, -0.1) is 0 Å². The molecule has 0 fully saturated rings. The maximum Gasteiger partial charge on any atom is 0.340 e. The summed E-state index contributed by atoms with van der Waals surface area (Å²) in [4.78, 5) is 33.1. The van der Waals surface area contributed by atoms with Crippen LogP contribution in [-0.4, -0.2) is 29.0 Å². The Hall–Kier alpha value is -4.14. The number of pyridine rings is 1. The van der Waals surface area contributed by atoms with Gasteiger partial charge in [0.25, 0.3) is 0 Å². The topological polar surface area (TPSA) is 91.5 Å². The zero-order chi connectivity index (χ0) is 24.2.